The van der Waals surface area contributed by atoms with Crippen LogP contribution in [0.3, 0.4) is 0 Å². The van der Waals surface area contributed by atoms with E-state index in [1.807, 2.05) is 48.5 Å². The van der Waals surface area contributed by atoms with Gasteiger partial charge in [0.25, 0.3) is 0 Å². The number of carbonyl (C=O) groups excluding carboxylic acids is 1. The molecule has 0 saturated heterocycles. The maximum Gasteiger partial charge on any atom is 0.435 e. The number of hydrogen-bond acceptors (Lipinski definition) is 5. The molecule has 6 nitrogen and oxygen atoms in total. The number of nitrogens with zero attached hydrogens (tertiary/aromatic N) is 3. The van der Waals surface area contributed by atoms with Gasteiger partial charge in [0.05, 0.1) is 17.8 Å². The lowest BCUT2D eigenvalue weighted by Gasteiger charge is -2.32. The fraction of sp³-hybridized carbons (Fsp3) is 0.318. The summed E-state index contributed by atoms with van der Waals surface area (Å²) in [6.45, 7) is 0.200. The zero-order chi connectivity index (χ0) is 19.4. The molecule has 0 unspecified atom stereocenters. The van der Waals surface area contributed by atoms with Crippen LogP contribution in [0.15, 0.2) is 54.7 Å². The Bertz CT molecular complexity index is 1010. The van der Waals surface area contributed by atoms with E-state index in [1.54, 1.807) is 6.20 Å². The highest BCUT2D eigenvalue weighted by molar-refractivity contribution is 5.89. The van der Waals surface area contributed by atoms with Gasteiger partial charge in [0, 0.05) is 11.1 Å². The number of carbonyl (C=O) groups is 1. The van der Waals surface area contributed by atoms with Crippen LogP contribution < -0.4 is 5.32 Å². The summed E-state index contributed by atoms with van der Waals surface area (Å²) in [7, 11) is 0. The van der Waals surface area contributed by atoms with Gasteiger partial charge < -0.3 is 10.1 Å². The van der Waals surface area contributed by atoms with Crippen molar-refractivity contribution in [2.45, 2.75) is 44.2 Å². The van der Waals surface area contributed by atoms with Crippen LogP contribution in [-0.4, -0.2) is 21.4 Å². The van der Waals surface area contributed by atoms with Crippen LogP contribution in [-0.2, 0) is 11.3 Å². The molecule has 0 spiro atoms. The standard InChI is InChI=1S/C22H22N4O2/c23-16-22(11-5-2-6-12-22)25-19-9-10-20-18(13-19)14-24-26(20)21(27)28-15-17-7-3-1-4-8-17/h1,3-4,7-10,13-14,25H,2,5-6,11-12,15H2. The molecule has 1 aliphatic rings. The molecule has 1 N–H and O–H groups in total. The highest BCUT2D eigenvalue weighted by Gasteiger charge is 2.31. The summed E-state index contributed by atoms with van der Waals surface area (Å²) in [6.07, 6.45) is 6.15. The molecule has 1 saturated carbocycles. The molecular weight excluding hydrogens is 352 g/mol. The Morgan fingerprint density at radius 1 is 1.18 bits per heavy atom. The SMILES string of the molecule is N#CC1(Nc2ccc3c(cnn3C(=O)OCc3ccccc3)c2)CCCCC1. The van der Waals surface area contributed by atoms with Gasteiger partial charge in [-0.15, -0.1) is 0 Å². The summed E-state index contributed by atoms with van der Waals surface area (Å²) in [5, 5.41) is 18.1. The molecule has 0 bridgehead atoms. The molecule has 0 amide bonds. The Labute approximate surface area is 163 Å². The maximum atomic E-state index is 12.4. The first-order chi connectivity index (χ1) is 13.7. The lowest BCUT2D eigenvalue weighted by atomic mass is 9.82. The molecule has 0 aliphatic heterocycles. The van der Waals surface area contributed by atoms with E-state index in [9.17, 15) is 10.1 Å². The van der Waals surface area contributed by atoms with E-state index < -0.39 is 11.6 Å². The summed E-state index contributed by atoms with van der Waals surface area (Å²) < 4.78 is 6.64. The molecule has 4 rings (SSSR count). The maximum absolute atomic E-state index is 12.4. The van der Waals surface area contributed by atoms with Crippen molar-refractivity contribution < 1.29 is 9.53 Å². The monoisotopic (exact) mass is 374 g/mol. The molecule has 3 aromatic rings. The van der Waals surface area contributed by atoms with Crippen LogP contribution in [0.4, 0.5) is 10.5 Å². The molecule has 1 heterocycles. The third-order valence-electron chi connectivity index (χ3n) is 5.25. The number of ether oxygens (including phenoxy) is 1. The number of aromatic nitrogens is 2. The van der Waals surface area contributed by atoms with Gasteiger partial charge in [-0.2, -0.15) is 15.0 Å². The lowest BCUT2D eigenvalue weighted by molar-refractivity contribution is 0.139. The Kier molecular flexibility index (Phi) is 4.98. The number of fused-ring (bicyclic) bond motifs is 1. The number of rotatable bonds is 4. The minimum absolute atomic E-state index is 0.200. The topological polar surface area (TPSA) is 79.9 Å². The number of hydrogen-bond donors (Lipinski definition) is 1. The first-order valence-electron chi connectivity index (χ1n) is 9.57. The van der Waals surface area contributed by atoms with E-state index in [0.717, 1.165) is 42.3 Å². The van der Waals surface area contributed by atoms with Crippen molar-refractivity contribution in [2.75, 3.05) is 5.32 Å². The Morgan fingerprint density at radius 3 is 2.71 bits per heavy atom. The predicted octanol–water partition coefficient (Wildman–Crippen LogP) is 4.86. The number of nitriles is 1. The van der Waals surface area contributed by atoms with E-state index in [2.05, 4.69) is 16.5 Å². The number of benzene rings is 2. The Hall–Kier alpha value is -3.33. The first-order valence-corrected chi connectivity index (χ1v) is 9.57. The summed E-state index contributed by atoms with van der Waals surface area (Å²) in [4.78, 5) is 12.4. The van der Waals surface area contributed by atoms with Gasteiger partial charge in [-0.25, -0.2) is 4.79 Å². The lowest BCUT2D eigenvalue weighted by Crippen LogP contribution is -2.38. The summed E-state index contributed by atoms with van der Waals surface area (Å²) in [5.74, 6) is 0. The summed E-state index contributed by atoms with van der Waals surface area (Å²) in [5.41, 5.74) is 1.97. The quantitative estimate of drug-likeness (QED) is 0.705. The Balaban J connectivity index is 1.50. The third kappa shape index (κ3) is 3.70. The van der Waals surface area contributed by atoms with Crippen LogP contribution in [0.1, 0.15) is 37.7 Å². The van der Waals surface area contributed by atoms with Crippen molar-refractivity contribution >= 4 is 22.7 Å². The van der Waals surface area contributed by atoms with Gasteiger partial charge >= 0.3 is 6.09 Å². The van der Waals surface area contributed by atoms with E-state index in [0.29, 0.717) is 5.52 Å². The molecule has 1 aliphatic carbocycles. The van der Waals surface area contributed by atoms with Crippen molar-refractivity contribution in [1.29, 1.82) is 5.26 Å². The highest BCUT2D eigenvalue weighted by atomic mass is 16.6. The molecule has 0 radical (unpaired) electrons. The smallest absolute Gasteiger partial charge is 0.435 e. The molecule has 6 heteroatoms. The number of anilines is 1. The second-order valence-electron chi connectivity index (χ2n) is 7.25. The average Bonchev–Trinajstić information content (AvgIpc) is 3.17. The minimum atomic E-state index is -0.514. The zero-order valence-corrected chi connectivity index (χ0v) is 15.6. The van der Waals surface area contributed by atoms with Crippen molar-refractivity contribution in [3.05, 3.63) is 60.3 Å². The molecule has 2 aromatic carbocycles. The molecule has 0 atom stereocenters. The second-order valence-corrected chi connectivity index (χ2v) is 7.25. The predicted molar refractivity (Wildman–Crippen MR) is 107 cm³/mol. The van der Waals surface area contributed by atoms with Crippen molar-refractivity contribution in [3.63, 3.8) is 0 Å². The van der Waals surface area contributed by atoms with Crippen LogP contribution in [0.5, 0.6) is 0 Å². The zero-order valence-electron chi connectivity index (χ0n) is 15.6. The van der Waals surface area contributed by atoms with Crippen LogP contribution >= 0.6 is 0 Å². The second kappa shape index (κ2) is 7.73. The van der Waals surface area contributed by atoms with Crippen molar-refractivity contribution in [1.82, 2.24) is 9.78 Å². The normalized spacial score (nSPS) is 15.7. The number of nitrogens with one attached hydrogen (secondary N) is 1. The van der Waals surface area contributed by atoms with Crippen molar-refractivity contribution in [3.8, 4) is 6.07 Å². The highest BCUT2D eigenvalue weighted by Crippen LogP contribution is 2.32. The fourth-order valence-electron chi connectivity index (χ4n) is 3.73. The van der Waals surface area contributed by atoms with Gasteiger partial charge in [0.2, 0.25) is 0 Å². The molecular formula is C22H22N4O2. The van der Waals surface area contributed by atoms with Crippen LogP contribution in [0.2, 0.25) is 0 Å². The average molecular weight is 374 g/mol. The van der Waals surface area contributed by atoms with E-state index in [1.165, 1.54) is 11.1 Å². The first kappa shape index (κ1) is 18.1. The summed E-state index contributed by atoms with van der Waals surface area (Å²) in [6, 6.07) is 17.7. The van der Waals surface area contributed by atoms with E-state index in [-0.39, 0.29) is 6.61 Å². The van der Waals surface area contributed by atoms with Gasteiger partial charge in [-0.05, 0) is 36.6 Å². The third-order valence-corrected chi connectivity index (χ3v) is 5.25. The fourth-order valence-corrected chi connectivity index (χ4v) is 3.73. The van der Waals surface area contributed by atoms with Crippen LogP contribution in [0.25, 0.3) is 10.9 Å². The van der Waals surface area contributed by atoms with Crippen LogP contribution in [0, 0.1) is 11.3 Å². The van der Waals surface area contributed by atoms with E-state index in [4.69, 9.17) is 4.74 Å². The van der Waals surface area contributed by atoms with Gasteiger partial charge in [-0.1, -0.05) is 49.6 Å². The largest absolute Gasteiger partial charge is 0.443 e. The van der Waals surface area contributed by atoms with Crippen molar-refractivity contribution in [2.24, 2.45) is 0 Å². The summed E-state index contributed by atoms with van der Waals surface area (Å²) >= 11 is 0. The molecule has 1 fully saturated rings. The van der Waals surface area contributed by atoms with Gasteiger partial charge in [-0.3, -0.25) is 0 Å². The van der Waals surface area contributed by atoms with E-state index >= 15 is 0 Å². The molecule has 28 heavy (non-hydrogen) atoms. The van der Waals surface area contributed by atoms with Gasteiger partial charge in [0.15, 0.2) is 0 Å². The Morgan fingerprint density at radius 2 is 1.96 bits per heavy atom. The minimum Gasteiger partial charge on any atom is -0.443 e. The molecule has 142 valence electrons. The van der Waals surface area contributed by atoms with Gasteiger partial charge in [0.1, 0.15) is 12.1 Å². The molecule has 1 aromatic heterocycles.